The second kappa shape index (κ2) is 7.25. The smallest absolute Gasteiger partial charge is 0.249 e. The Labute approximate surface area is 97.9 Å². The van der Waals surface area contributed by atoms with Gasteiger partial charge in [-0.3, -0.25) is 15.1 Å². The van der Waals surface area contributed by atoms with Crippen molar-refractivity contribution < 1.29 is 4.79 Å². The summed E-state index contributed by atoms with van der Waals surface area (Å²) in [6, 6.07) is -0.0625. The summed E-state index contributed by atoms with van der Waals surface area (Å²) in [6.45, 7) is 5.03. The van der Waals surface area contributed by atoms with Gasteiger partial charge in [0.2, 0.25) is 5.91 Å². The highest BCUT2D eigenvalue weighted by atomic mass is 16.2. The number of hydrogen-bond acceptors (Lipinski definition) is 2. The highest BCUT2D eigenvalue weighted by Crippen LogP contribution is 2.08. The fourth-order valence-electron chi connectivity index (χ4n) is 1.76. The molecule has 4 heteroatoms. The van der Waals surface area contributed by atoms with E-state index in [1.54, 1.807) is 0 Å². The lowest BCUT2D eigenvalue weighted by molar-refractivity contribution is -0.120. The van der Waals surface area contributed by atoms with Crippen LogP contribution in [0.15, 0.2) is 4.99 Å². The van der Waals surface area contributed by atoms with Crippen molar-refractivity contribution in [3.63, 3.8) is 0 Å². The molecular weight excluding hydrogens is 202 g/mol. The predicted molar refractivity (Wildman–Crippen MR) is 66.4 cm³/mol. The zero-order valence-electron chi connectivity index (χ0n) is 10.4. The van der Waals surface area contributed by atoms with Crippen molar-refractivity contribution in [2.75, 3.05) is 6.54 Å². The Hall–Kier alpha value is -1.06. The number of nitrogens with zero attached hydrogens (tertiary/aromatic N) is 1. The maximum atomic E-state index is 11.6. The molecular formula is C12H23N3O. The lowest BCUT2D eigenvalue weighted by atomic mass is 10.1. The minimum Gasteiger partial charge on any atom is -0.344 e. The Bertz CT molecular complexity index is 251. The van der Waals surface area contributed by atoms with Gasteiger partial charge in [-0.2, -0.15) is 0 Å². The third kappa shape index (κ3) is 4.21. The Balaban J connectivity index is 2.25. The van der Waals surface area contributed by atoms with Gasteiger partial charge >= 0.3 is 0 Å². The van der Waals surface area contributed by atoms with Crippen LogP contribution in [-0.4, -0.2) is 24.5 Å². The van der Waals surface area contributed by atoms with Gasteiger partial charge in [-0.25, -0.2) is 0 Å². The molecule has 0 saturated carbocycles. The first-order valence-electron chi connectivity index (χ1n) is 6.39. The van der Waals surface area contributed by atoms with Gasteiger partial charge in [-0.15, -0.1) is 0 Å². The lowest BCUT2D eigenvalue weighted by Crippen LogP contribution is -2.29. The predicted octanol–water partition coefficient (Wildman–Crippen LogP) is 1.81. The average Bonchev–Trinajstić information content (AvgIpc) is 2.63. The summed E-state index contributed by atoms with van der Waals surface area (Å²) in [7, 11) is 0. The molecule has 1 heterocycles. The van der Waals surface area contributed by atoms with Crippen LogP contribution in [0.3, 0.4) is 0 Å². The lowest BCUT2D eigenvalue weighted by Gasteiger charge is -2.06. The first kappa shape index (κ1) is 13.0. The molecule has 0 aromatic carbocycles. The van der Waals surface area contributed by atoms with Gasteiger partial charge in [0.25, 0.3) is 0 Å². The molecule has 1 saturated heterocycles. The van der Waals surface area contributed by atoms with Gasteiger partial charge in [0.15, 0.2) is 5.96 Å². The van der Waals surface area contributed by atoms with Crippen LogP contribution in [0.4, 0.5) is 0 Å². The fraction of sp³-hybridized carbons (Fsp3) is 0.833. The molecule has 4 nitrogen and oxygen atoms in total. The minimum absolute atomic E-state index is 0.0625. The molecule has 0 bridgehead atoms. The molecule has 2 N–H and O–H groups in total. The molecule has 1 atom stereocenters. The standard InChI is InChI=1S/C12H23N3O/c1-3-5-6-7-8-10-11(16)15-12(14-10)13-9-4-2/h10H,3-9H2,1-2H3,(H2,13,14,15,16). The molecule has 16 heavy (non-hydrogen) atoms. The van der Waals surface area contributed by atoms with Crippen LogP contribution in [0, 0.1) is 0 Å². The topological polar surface area (TPSA) is 53.5 Å². The third-order valence-electron chi connectivity index (χ3n) is 2.71. The SMILES string of the molecule is CCCCCCC1NC(=NCCC)NC1=O. The molecule has 1 fully saturated rings. The van der Waals surface area contributed by atoms with Crippen molar-refractivity contribution in [1.29, 1.82) is 0 Å². The summed E-state index contributed by atoms with van der Waals surface area (Å²) in [5.41, 5.74) is 0. The number of guanidine groups is 1. The summed E-state index contributed by atoms with van der Waals surface area (Å²) in [5, 5.41) is 5.92. The number of carbonyl (C=O) groups excluding carboxylic acids is 1. The van der Waals surface area contributed by atoms with E-state index in [0.717, 1.165) is 25.8 Å². The van der Waals surface area contributed by atoms with Crippen LogP contribution in [0.5, 0.6) is 0 Å². The van der Waals surface area contributed by atoms with Gasteiger partial charge in [-0.1, -0.05) is 39.5 Å². The third-order valence-corrected chi connectivity index (χ3v) is 2.71. The quantitative estimate of drug-likeness (QED) is 0.649. The molecule has 1 rings (SSSR count). The van der Waals surface area contributed by atoms with Crippen LogP contribution in [-0.2, 0) is 4.79 Å². The monoisotopic (exact) mass is 225 g/mol. The molecule has 1 unspecified atom stereocenters. The number of unbranched alkanes of at least 4 members (excludes halogenated alkanes) is 3. The van der Waals surface area contributed by atoms with Crippen LogP contribution in [0.2, 0.25) is 0 Å². The van der Waals surface area contributed by atoms with E-state index in [-0.39, 0.29) is 11.9 Å². The molecule has 0 aromatic heterocycles. The van der Waals surface area contributed by atoms with E-state index in [1.807, 2.05) is 0 Å². The summed E-state index contributed by atoms with van der Waals surface area (Å²) in [6.07, 6.45) is 6.72. The molecule has 1 aliphatic rings. The molecule has 0 aromatic rings. The number of rotatable bonds is 7. The molecule has 0 spiro atoms. The van der Waals surface area contributed by atoms with E-state index in [1.165, 1.54) is 19.3 Å². The van der Waals surface area contributed by atoms with Crippen LogP contribution >= 0.6 is 0 Å². The second-order valence-electron chi connectivity index (χ2n) is 4.27. The Kier molecular flexibility index (Phi) is 5.90. The van der Waals surface area contributed by atoms with Crippen molar-refractivity contribution in [3.8, 4) is 0 Å². The maximum absolute atomic E-state index is 11.6. The highest BCUT2D eigenvalue weighted by Gasteiger charge is 2.26. The van der Waals surface area contributed by atoms with Crippen molar-refractivity contribution >= 4 is 11.9 Å². The summed E-state index contributed by atoms with van der Waals surface area (Å²) < 4.78 is 0. The zero-order chi connectivity index (χ0) is 11.8. The van der Waals surface area contributed by atoms with E-state index in [0.29, 0.717) is 5.96 Å². The van der Waals surface area contributed by atoms with Crippen molar-refractivity contribution in [1.82, 2.24) is 10.6 Å². The average molecular weight is 225 g/mol. The van der Waals surface area contributed by atoms with Crippen molar-refractivity contribution in [2.45, 2.75) is 58.4 Å². The molecule has 92 valence electrons. The number of amides is 1. The fourth-order valence-corrected chi connectivity index (χ4v) is 1.76. The van der Waals surface area contributed by atoms with E-state index in [9.17, 15) is 4.79 Å². The van der Waals surface area contributed by atoms with Gasteiger partial charge in [0.05, 0.1) is 0 Å². The summed E-state index contributed by atoms with van der Waals surface area (Å²) >= 11 is 0. The maximum Gasteiger partial charge on any atom is 0.249 e. The van der Waals surface area contributed by atoms with Gasteiger partial charge in [0.1, 0.15) is 6.04 Å². The largest absolute Gasteiger partial charge is 0.344 e. The molecule has 0 radical (unpaired) electrons. The van der Waals surface area contributed by atoms with Gasteiger partial charge < -0.3 is 5.32 Å². The van der Waals surface area contributed by atoms with Crippen LogP contribution < -0.4 is 10.6 Å². The first-order valence-corrected chi connectivity index (χ1v) is 6.39. The number of aliphatic imine (C=N–C) groups is 1. The number of nitrogens with one attached hydrogen (secondary N) is 2. The van der Waals surface area contributed by atoms with E-state index < -0.39 is 0 Å². The van der Waals surface area contributed by atoms with Gasteiger partial charge in [0, 0.05) is 6.54 Å². The normalized spacial score (nSPS) is 22.2. The van der Waals surface area contributed by atoms with Gasteiger partial charge in [-0.05, 0) is 12.8 Å². The Morgan fingerprint density at radius 2 is 2.00 bits per heavy atom. The Morgan fingerprint density at radius 3 is 2.69 bits per heavy atom. The van der Waals surface area contributed by atoms with E-state index in [4.69, 9.17) is 0 Å². The van der Waals surface area contributed by atoms with E-state index in [2.05, 4.69) is 29.5 Å². The Morgan fingerprint density at radius 1 is 1.19 bits per heavy atom. The number of hydrogen-bond donors (Lipinski definition) is 2. The first-order chi connectivity index (χ1) is 7.77. The van der Waals surface area contributed by atoms with E-state index >= 15 is 0 Å². The second-order valence-corrected chi connectivity index (χ2v) is 4.27. The molecule has 0 aliphatic carbocycles. The number of carbonyl (C=O) groups is 1. The van der Waals surface area contributed by atoms with Crippen LogP contribution in [0.25, 0.3) is 0 Å². The zero-order valence-corrected chi connectivity index (χ0v) is 10.4. The summed E-state index contributed by atoms with van der Waals surface area (Å²) in [5.74, 6) is 0.735. The van der Waals surface area contributed by atoms with Crippen molar-refractivity contribution in [2.24, 2.45) is 4.99 Å². The minimum atomic E-state index is -0.0625. The van der Waals surface area contributed by atoms with Crippen molar-refractivity contribution in [3.05, 3.63) is 0 Å². The summed E-state index contributed by atoms with van der Waals surface area (Å²) in [4.78, 5) is 15.8. The highest BCUT2D eigenvalue weighted by molar-refractivity contribution is 6.06. The molecule has 1 aliphatic heterocycles. The molecule has 1 amide bonds. The van der Waals surface area contributed by atoms with Crippen LogP contribution in [0.1, 0.15) is 52.4 Å².